The van der Waals surface area contributed by atoms with Crippen molar-refractivity contribution >= 4 is 16.9 Å². The lowest BCUT2D eigenvalue weighted by Crippen LogP contribution is -2.69. The Labute approximate surface area is 146 Å². The Kier molecular flexibility index (Phi) is 3.42. The van der Waals surface area contributed by atoms with E-state index in [0.717, 1.165) is 50.5 Å². The molecule has 1 aromatic carbocycles. The zero-order valence-electron chi connectivity index (χ0n) is 14.5. The van der Waals surface area contributed by atoms with Crippen LogP contribution in [0, 0.1) is 0 Å². The van der Waals surface area contributed by atoms with Crippen molar-refractivity contribution in [1.29, 1.82) is 0 Å². The first-order valence-corrected chi connectivity index (χ1v) is 9.10. The second kappa shape index (κ2) is 5.56. The van der Waals surface area contributed by atoms with Gasteiger partial charge in [0.05, 0.1) is 13.2 Å². The predicted molar refractivity (Wildman–Crippen MR) is 93.1 cm³/mol. The molecule has 3 saturated heterocycles. The number of aryl methyl sites for hydroxylation is 1. The Bertz CT molecular complexity index is 826. The van der Waals surface area contributed by atoms with E-state index in [2.05, 4.69) is 34.2 Å². The van der Waals surface area contributed by atoms with E-state index in [4.69, 9.17) is 9.15 Å². The molecule has 0 radical (unpaired) electrons. The number of amides is 1. The molecule has 0 saturated carbocycles. The maximum atomic E-state index is 12.4. The van der Waals surface area contributed by atoms with E-state index in [1.54, 1.807) is 0 Å². The van der Waals surface area contributed by atoms with E-state index in [1.165, 1.54) is 10.9 Å². The normalized spacial score (nSPS) is 29.8. The molecule has 1 spiro atoms. The van der Waals surface area contributed by atoms with Crippen molar-refractivity contribution in [3.8, 4) is 0 Å². The quantitative estimate of drug-likeness (QED) is 0.854. The van der Waals surface area contributed by atoms with Gasteiger partial charge < -0.3 is 14.5 Å². The molecule has 0 bridgehead atoms. The molecule has 3 aliphatic rings. The van der Waals surface area contributed by atoms with Crippen LogP contribution in [-0.2, 0) is 22.5 Å². The van der Waals surface area contributed by atoms with Gasteiger partial charge in [-0.15, -0.1) is 0 Å². The molecule has 1 aromatic heterocycles. The standard InChI is InChI=1S/C19H23N3O3/c1-2-16-14(13-5-3-4-6-17(13)25-16)9-21-7-8-22-15(10-21)18(23)20-11-19(22)12-24-19/h3-6,15H,2,7-12H2,1H3,(H,20,23). The molecule has 3 fully saturated rings. The molecule has 1 amide bonds. The lowest BCUT2D eigenvalue weighted by molar-refractivity contribution is -0.140. The summed E-state index contributed by atoms with van der Waals surface area (Å²) < 4.78 is 11.7. The van der Waals surface area contributed by atoms with Crippen molar-refractivity contribution in [3.63, 3.8) is 0 Å². The number of nitrogens with zero attached hydrogens (tertiary/aromatic N) is 2. The first-order chi connectivity index (χ1) is 12.2. The summed E-state index contributed by atoms with van der Waals surface area (Å²) in [5.41, 5.74) is 2.00. The number of epoxide rings is 1. The van der Waals surface area contributed by atoms with Crippen LogP contribution in [0.4, 0.5) is 0 Å². The first kappa shape index (κ1) is 15.4. The van der Waals surface area contributed by atoms with Crippen molar-refractivity contribution in [2.45, 2.75) is 31.7 Å². The molecule has 2 aromatic rings. The summed E-state index contributed by atoms with van der Waals surface area (Å²) >= 11 is 0. The molecule has 2 atom stereocenters. The molecule has 0 aliphatic carbocycles. The van der Waals surface area contributed by atoms with Crippen LogP contribution in [0.25, 0.3) is 11.0 Å². The van der Waals surface area contributed by atoms with Gasteiger partial charge in [-0.3, -0.25) is 14.6 Å². The van der Waals surface area contributed by atoms with Crippen LogP contribution >= 0.6 is 0 Å². The van der Waals surface area contributed by atoms with Gasteiger partial charge in [-0.05, 0) is 6.07 Å². The molecule has 4 heterocycles. The maximum absolute atomic E-state index is 12.4. The zero-order valence-corrected chi connectivity index (χ0v) is 14.5. The molecule has 3 aliphatic heterocycles. The van der Waals surface area contributed by atoms with Gasteiger partial charge in [0, 0.05) is 43.5 Å². The molecular formula is C19H23N3O3. The molecule has 6 heteroatoms. The minimum absolute atomic E-state index is 0.117. The monoisotopic (exact) mass is 341 g/mol. The Morgan fingerprint density at radius 3 is 2.96 bits per heavy atom. The molecule has 132 valence electrons. The number of ether oxygens (including phenoxy) is 1. The highest BCUT2D eigenvalue weighted by molar-refractivity contribution is 5.84. The fourth-order valence-electron chi connectivity index (χ4n) is 4.32. The highest BCUT2D eigenvalue weighted by Crippen LogP contribution is 2.37. The van der Waals surface area contributed by atoms with Gasteiger partial charge in [0.25, 0.3) is 0 Å². The van der Waals surface area contributed by atoms with Gasteiger partial charge >= 0.3 is 0 Å². The largest absolute Gasteiger partial charge is 0.461 e. The van der Waals surface area contributed by atoms with E-state index >= 15 is 0 Å². The Hall–Kier alpha value is -1.89. The summed E-state index contributed by atoms with van der Waals surface area (Å²) in [7, 11) is 0. The average Bonchev–Trinajstić information content (AvgIpc) is 3.34. The topological polar surface area (TPSA) is 61.3 Å². The highest BCUT2D eigenvalue weighted by Gasteiger charge is 2.58. The van der Waals surface area contributed by atoms with Crippen molar-refractivity contribution in [2.75, 3.05) is 32.8 Å². The van der Waals surface area contributed by atoms with E-state index in [0.29, 0.717) is 6.54 Å². The van der Waals surface area contributed by atoms with E-state index in [1.807, 2.05) is 12.1 Å². The lowest BCUT2D eigenvalue weighted by atomic mass is 10.0. The number of rotatable bonds is 3. The second-order valence-corrected chi connectivity index (χ2v) is 7.25. The fraction of sp³-hybridized carbons (Fsp3) is 0.526. The van der Waals surface area contributed by atoms with E-state index in [-0.39, 0.29) is 17.7 Å². The Morgan fingerprint density at radius 2 is 2.16 bits per heavy atom. The number of benzene rings is 1. The number of piperazine rings is 2. The number of para-hydroxylation sites is 1. The van der Waals surface area contributed by atoms with Crippen molar-refractivity contribution in [2.24, 2.45) is 0 Å². The van der Waals surface area contributed by atoms with Crippen molar-refractivity contribution in [3.05, 3.63) is 35.6 Å². The summed E-state index contributed by atoms with van der Waals surface area (Å²) in [6.45, 7) is 6.85. The highest BCUT2D eigenvalue weighted by atomic mass is 16.6. The van der Waals surface area contributed by atoms with Gasteiger partial charge in [0.1, 0.15) is 17.4 Å². The fourth-order valence-corrected chi connectivity index (χ4v) is 4.32. The predicted octanol–water partition coefficient (Wildman–Crippen LogP) is 1.34. The van der Waals surface area contributed by atoms with Gasteiger partial charge in [-0.1, -0.05) is 25.1 Å². The third-order valence-electron chi connectivity index (χ3n) is 5.79. The molecule has 2 unspecified atom stereocenters. The molecular weight excluding hydrogens is 318 g/mol. The number of furan rings is 1. The van der Waals surface area contributed by atoms with Gasteiger partial charge in [-0.2, -0.15) is 0 Å². The van der Waals surface area contributed by atoms with E-state index in [9.17, 15) is 4.79 Å². The number of carbonyl (C=O) groups is 1. The molecule has 1 N–H and O–H groups in total. The SMILES string of the molecule is CCc1oc2ccccc2c1CN1CCN2C(C1)C(=O)NCC21CO1. The third-order valence-corrected chi connectivity index (χ3v) is 5.79. The van der Waals surface area contributed by atoms with Crippen LogP contribution in [0.5, 0.6) is 0 Å². The smallest absolute Gasteiger partial charge is 0.238 e. The summed E-state index contributed by atoms with van der Waals surface area (Å²) in [4.78, 5) is 17.0. The molecule has 5 rings (SSSR count). The first-order valence-electron chi connectivity index (χ1n) is 9.10. The lowest BCUT2D eigenvalue weighted by Gasteiger charge is -2.46. The van der Waals surface area contributed by atoms with Crippen LogP contribution in [0.15, 0.2) is 28.7 Å². The minimum atomic E-state index is -0.221. The number of hydrogen-bond acceptors (Lipinski definition) is 5. The Morgan fingerprint density at radius 1 is 1.32 bits per heavy atom. The molecule has 6 nitrogen and oxygen atoms in total. The number of fused-ring (bicyclic) bond motifs is 3. The van der Waals surface area contributed by atoms with Crippen LogP contribution in [0.1, 0.15) is 18.2 Å². The van der Waals surface area contributed by atoms with Gasteiger partial charge in [-0.25, -0.2) is 0 Å². The zero-order chi connectivity index (χ0) is 17.0. The van der Waals surface area contributed by atoms with Crippen LogP contribution < -0.4 is 5.32 Å². The summed E-state index contributed by atoms with van der Waals surface area (Å²) in [5.74, 6) is 1.18. The molecule has 25 heavy (non-hydrogen) atoms. The second-order valence-electron chi connectivity index (χ2n) is 7.25. The minimum Gasteiger partial charge on any atom is -0.461 e. The number of nitrogens with one attached hydrogen (secondary N) is 1. The maximum Gasteiger partial charge on any atom is 0.238 e. The summed E-state index contributed by atoms with van der Waals surface area (Å²) in [6, 6.07) is 8.10. The third kappa shape index (κ3) is 2.39. The van der Waals surface area contributed by atoms with Crippen LogP contribution in [-0.4, -0.2) is 60.3 Å². The van der Waals surface area contributed by atoms with Crippen LogP contribution in [0.3, 0.4) is 0 Å². The van der Waals surface area contributed by atoms with Gasteiger partial charge in [0.15, 0.2) is 5.72 Å². The summed E-state index contributed by atoms with van der Waals surface area (Å²) in [6.07, 6.45) is 0.880. The summed E-state index contributed by atoms with van der Waals surface area (Å²) in [5, 5.41) is 4.21. The van der Waals surface area contributed by atoms with Crippen LogP contribution in [0.2, 0.25) is 0 Å². The number of hydrogen-bond donors (Lipinski definition) is 1. The van der Waals surface area contributed by atoms with Gasteiger partial charge in [0.2, 0.25) is 5.91 Å². The van der Waals surface area contributed by atoms with E-state index < -0.39 is 0 Å². The average molecular weight is 341 g/mol. The van der Waals surface area contributed by atoms with Crippen molar-refractivity contribution in [1.82, 2.24) is 15.1 Å². The Balaban J connectivity index is 1.40. The number of carbonyl (C=O) groups excluding carboxylic acids is 1. The van der Waals surface area contributed by atoms with Crippen molar-refractivity contribution < 1.29 is 13.9 Å².